The summed E-state index contributed by atoms with van der Waals surface area (Å²) in [4.78, 5) is 24.5. The van der Waals surface area contributed by atoms with Gasteiger partial charge in [0.05, 0.1) is 23.9 Å². The Hall–Kier alpha value is -2.06. The maximum atomic E-state index is 12.3. The highest BCUT2D eigenvalue weighted by Gasteiger charge is 2.52. The van der Waals surface area contributed by atoms with Crippen molar-refractivity contribution in [3.05, 3.63) is 23.3 Å². The van der Waals surface area contributed by atoms with Crippen molar-refractivity contribution in [1.29, 1.82) is 0 Å². The fourth-order valence-electron chi connectivity index (χ4n) is 2.72. The summed E-state index contributed by atoms with van der Waals surface area (Å²) < 4.78 is 22.4. The second-order valence-electron chi connectivity index (χ2n) is 8.95. The molecule has 0 unspecified atom stereocenters. The van der Waals surface area contributed by atoms with E-state index in [2.05, 4.69) is 5.32 Å². The van der Waals surface area contributed by atoms with E-state index in [1.807, 2.05) is 27.7 Å². The third-order valence-corrected chi connectivity index (χ3v) is 5.00. The van der Waals surface area contributed by atoms with Gasteiger partial charge in [0.15, 0.2) is 0 Å². The van der Waals surface area contributed by atoms with Crippen LogP contribution >= 0.6 is 0 Å². The van der Waals surface area contributed by atoms with Crippen LogP contribution in [0.15, 0.2) is 12.1 Å². The number of hydrogen-bond acceptors (Lipinski definition) is 6. The Kier molecular flexibility index (Phi) is 5.88. The average molecular weight is 391 g/mol. The zero-order valence-corrected chi connectivity index (χ0v) is 18.2. The second-order valence-corrected chi connectivity index (χ2v) is 8.95. The average Bonchev–Trinajstić information content (AvgIpc) is 2.74. The number of benzene rings is 1. The van der Waals surface area contributed by atoms with Crippen molar-refractivity contribution in [3.8, 4) is 0 Å². The lowest BCUT2D eigenvalue weighted by molar-refractivity contribution is 0.00578. The summed E-state index contributed by atoms with van der Waals surface area (Å²) in [6.07, 6.45) is -0.613. The molecule has 1 amide bonds. The Morgan fingerprint density at radius 2 is 1.61 bits per heavy atom. The van der Waals surface area contributed by atoms with Gasteiger partial charge in [-0.25, -0.2) is 9.59 Å². The molecule has 7 nitrogen and oxygen atoms in total. The van der Waals surface area contributed by atoms with Crippen LogP contribution in [0.3, 0.4) is 0 Å². The largest absolute Gasteiger partial charge is 0.494 e. The van der Waals surface area contributed by atoms with Crippen LogP contribution in [0, 0.1) is 6.92 Å². The maximum absolute atomic E-state index is 12.3. The van der Waals surface area contributed by atoms with Gasteiger partial charge in [-0.15, -0.1) is 0 Å². The van der Waals surface area contributed by atoms with E-state index in [9.17, 15) is 9.59 Å². The zero-order chi connectivity index (χ0) is 21.5. The molecule has 1 fully saturated rings. The summed E-state index contributed by atoms with van der Waals surface area (Å²) in [7, 11) is 0.623. The van der Waals surface area contributed by atoms with Gasteiger partial charge < -0.3 is 18.8 Å². The van der Waals surface area contributed by atoms with E-state index in [-0.39, 0.29) is 0 Å². The number of ether oxygens (including phenoxy) is 2. The number of hydrogen-bond donors (Lipinski definition) is 1. The summed E-state index contributed by atoms with van der Waals surface area (Å²) in [5.74, 6) is -0.511. The lowest BCUT2D eigenvalue weighted by atomic mass is 9.77. The van der Waals surface area contributed by atoms with Gasteiger partial charge in [-0.2, -0.15) is 0 Å². The zero-order valence-electron chi connectivity index (χ0n) is 18.2. The summed E-state index contributed by atoms with van der Waals surface area (Å²) in [6.45, 7) is 14.8. The number of nitrogens with one attached hydrogen (secondary N) is 1. The number of methoxy groups -OCH3 is 1. The number of anilines is 1. The van der Waals surface area contributed by atoms with E-state index in [1.54, 1.807) is 39.8 Å². The monoisotopic (exact) mass is 391 g/mol. The predicted octanol–water partition coefficient (Wildman–Crippen LogP) is 3.43. The van der Waals surface area contributed by atoms with E-state index in [4.69, 9.17) is 18.8 Å². The number of esters is 1. The van der Waals surface area contributed by atoms with E-state index < -0.39 is 36.0 Å². The van der Waals surface area contributed by atoms with Gasteiger partial charge in [0.25, 0.3) is 0 Å². The topological polar surface area (TPSA) is 83.1 Å². The van der Waals surface area contributed by atoms with Crippen LogP contribution in [0.1, 0.15) is 64.4 Å². The molecule has 0 saturated carbocycles. The molecule has 2 rings (SSSR count). The molecule has 0 aliphatic carbocycles. The maximum Gasteiger partial charge on any atom is 0.494 e. The Morgan fingerprint density at radius 3 is 2.07 bits per heavy atom. The summed E-state index contributed by atoms with van der Waals surface area (Å²) in [5.41, 5.74) is 0.211. The van der Waals surface area contributed by atoms with Crippen LogP contribution in [-0.2, 0) is 18.8 Å². The molecule has 1 aliphatic heterocycles. The van der Waals surface area contributed by atoms with Crippen LogP contribution in [0.4, 0.5) is 10.5 Å². The van der Waals surface area contributed by atoms with E-state index in [1.165, 1.54) is 7.11 Å². The molecular formula is C20H30BNO6. The van der Waals surface area contributed by atoms with E-state index in [0.29, 0.717) is 22.3 Å². The summed E-state index contributed by atoms with van der Waals surface area (Å²) in [6, 6.07) is 3.40. The highest BCUT2D eigenvalue weighted by Crippen LogP contribution is 2.37. The fraction of sp³-hybridized carbons (Fsp3) is 0.600. The normalized spacial score (nSPS) is 18.0. The third kappa shape index (κ3) is 4.67. The van der Waals surface area contributed by atoms with Gasteiger partial charge in [0, 0.05) is 5.69 Å². The Bertz CT molecular complexity index is 766. The molecule has 0 aromatic heterocycles. The lowest BCUT2D eigenvalue weighted by Gasteiger charge is -2.32. The van der Waals surface area contributed by atoms with Gasteiger partial charge >= 0.3 is 19.2 Å². The van der Waals surface area contributed by atoms with Crippen molar-refractivity contribution in [2.24, 2.45) is 0 Å². The van der Waals surface area contributed by atoms with Gasteiger partial charge in [-0.1, -0.05) is 0 Å². The van der Waals surface area contributed by atoms with Crippen molar-refractivity contribution in [2.45, 2.75) is 72.2 Å². The van der Waals surface area contributed by atoms with Crippen molar-refractivity contribution in [2.75, 3.05) is 12.4 Å². The third-order valence-electron chi connectivity index (χ3n) is 5.00. The van der Waals surface area contributed by atoms with E-state index >= 15 is 0 Å². The van der Waals surface area contributed by atoms with Crippen LogP contribution < -0.4 is 10.8 Å². The van der Waals surface area contributed by atoms with Gasteiger partial charge in [0.2, 0.25) is 0 Å². The smallest absolute Gasteiger partial charge is 0.465 e. The molecule has 1 heterocycles. The molecule has 0 bridgehead atoms. The minimum Gasteiger partial charge on any atom is -0.465 e. The summed E-state index contributed by atoms with van der Waals surface area (Å²) in [5, 5.41) is 2.71. The molecule has 28 heavy (non-hydrogen) atoms. The Morgan fingerprint density at radius 1 is 1.07 bits per heavy atom. The molecule has 1 N–H and O–H groups in total. The number of amides is 1. The van der Waals surface area contributed by atoms with E-state index in [0.717, 1.165) is 0 Å². The number of carbonyl (C=O) groups is 2. The fourth-order valence-corrected chi connectivity index (χ4v) is 2.72. The van der Waals surface area contributed by atoms with Gasteiger partial charge in [-0.3, -0.25) is 5.32 Å². The first-order valence-corrected chi connectivity index (χ1v) is 9.25. The molecule has 1 aromatic carbocycles. The first-order chi connectivity index (χ1) is 12.7. The number of carbonyl (C=O) groups excluding carboxylic acids is 2. The second kappa shape index (κ2) is 7.41. The van der Waals surface area contributed by atoms with Crippen molar-refractivity contribution in [3.63, 3.8) is 0 Å². The molecule has 1 saturated heterocycles. The molecule has 1 aliphatic rings. The first-order valence-electron chi connectivity index (χ1n) is 9.25. The molecule has 0 radical (unpaired) electrons. The Labute approximate surface area is 167 Å². The predicted molar refractivity (Wildman–Crippen MR) is 108 cm³/mol. The number of rotatable bonds is 3. The highest BCUT2D eigenvalue weighted by atomic mass is 16.7. The molecule has 8 heteroatoms. The molecule has 1 aromatic rings. The molecule has 0 spiro atoms. The minimum absolute atomic E-state index is 0.320. The van der Waals surface area contributed by atoms with Crippen LogP contribution in [0.2, 0.25) is 0 Å². The van der Waals surface area contributed by atoms with Crippen molar-refractivity contribution in [1.82, 2.24) is 0 Å². The minimum atomic E-state index is -0.687. The highest BCUT2D eigenvalue weighted by molar-refractivity contribution is 6.62. The quantitative estimate of drug-likeness (QED) is 0.628. The molecular weight excluding hydrogens is 361 g/mol. The molecule has 154 valence electrons. The SMILES string of the molecule is COC(=O)c1cc(B2OC(C)(C)C(C)(C)O2)cc(NC(=O)OC(C)(C)C)c1C. The first kappa shape index (κ1) is 22.2. The standard InChI is InChI=1S/C20H30BNO6/c1-12-14(16(23)25-9)10-13(21-27-19(5,6)20(7,8)28-21)11-15(12)22-17(24)26-18(2,3)4/h10-11H,1-9H3,(H,22,24). The Balaban J connectivity index is 2.45. The van der Waals surface area contributed by atoms with Crippen molar-refractivity contribution >= 4 is 30.3 Å². The van der Waals surface area contributed by atoms with Crippen LogP contribution in [0.25, 0.3) is 0 Å². The van der Waals surface area contributed by atoms with Crippen LogP contribution in [0.5, 0.6) is 0 Å². The van der Waals surface area contributed by atoms with Gasteiger partial charge in [0.1, 0.15) is 5.60 Å². The lowest BCUT2D eigenvalue weighted by Crippen LogP contribution is -2.41. The van der Waals surface area contributed by atoms with Gasteiger partial charge in [-0.05, 0) is 78.5 Å². The summed E-state index contributed by atoms with van der Waals surface area (Å²) >= 11 is 0. The van der Waals surface area contributed by atoms with Crippen molar-refractivity contribution < 1.29 is 28.4 Å². The van der Waals surface area contributed by atoms with Crippen LogP contribution in [-0.4, -0.2) is 43.1 Å². The molecule has 0 atom stereocenters.